The summed E-state index contributed by atoms with van der Waals surface area (Å²) in [6, 6.07) is 0. The third-order valence-corrected chi connectivity index (χ3v) is 5.06. The van der Waals surface area contributed by atoms with Crippen molar-refractivity contribution in [3.05, 3.63) is 15.6 Å². The van der Waals surface area contributed by atoms with Gasteiger partial charge in [-0.25, -0.2) is 9.78 Å². The van der Waals surface area contributed by atoms with Gasteiger partial charge in [0.05, 0.1) is 11.2 Å². The number of aryl methyl sites for hydroxylation is 1. The second kappa shape index (κ2) is 5.56. The average molecular weight is 283 g/mol. The van der Waals surface area contributed by atoms with Gasteiger partial charge in [-0.05, 0) is 20.3 Å². The minimum absolute atomic E-state index is 0.204. The third kappa shape index (κ3) is 2.80. The zero-order valence-corrected chi connectivity index (χ0v) is 12.5. The maximum atomic E-state index is 11.2. The van der Waals surface area contributed by atoms with Crippen LogP contribution < -0.4 is 5.32 Å². The summed E-state index contributed by atoms with van der Waals surface area (Å²) < 4.78 is 0. The highest BCUT2D eigenvalue weighted by atomic mass is 32.1. The van der Waals surface area contributed by atoms with Crippen LogP contribution in [-0.4, -0.2) is 47.1 Å². The maximum absolute atomic E-state index is 11.2. The van der Waals surface area contributed by atoms with E-state index in [-0.39, 0.29) is 5.54 Å². The minimum atomic E-state index is -0.864. The van der Waals surface area contributed by atoms with Gasteiger partial charge in [-0.3, -0.25) is 4.90 Å². The summed E-state index contributed by atoms with van der Waals surface area (Å²) >= 11 is 1.32. The number of carboxylic acid groups (broad SMARTS) is 1. The van der Waals surface area contributed by atoms with Crippen LogP contribution in [0.5, 0.6) is 0 Å². The number of carboxylic acids is 1. The molecule has 2 rings (SSSR count). The van der Waals surface area contributed by atoms with E-state index in [1.54, 1.807) is 0 Å². The van der Waals surface area contributed by atoms with E-state index >= 15 is 0 Å². The van der Waals surface area contributed by atoms with Crippen LogP contribution in [-0.2, 0) is 12.0 Å². The Morgan fingerprint density at radius 1 is 1.47 bits per heavy atom. The number of aromatic carboxylic acids is 1. The molecule has 0 radical (unpaired) electrons. The fraction of sp³-hybridized carbons (Fsp3) is 0.692. The molecular formula is C13H21N3O2S. The van der Waals surface area contributed by atoms with Gasteiger partial charge in [0.2, 0.25) is 0 Å². The van der Waals surface area contributed by atoms with E-state index in [4.69, 9.17) is 0 Å². The summed E-state index contributed by atoms with van der Waals surface area (Å²) in [5.74, 6) is -0.864. The zero-order chi connectivity index (χ0) is 14.0. The van der Waals surface area contributed by atoms with E-state index < -0.39 is 5.97 Å². The molecule has 1 aliphatic heterocycles. The molecule has 2 heterocycles. The fourth-order valence-corrected chi connectivity index (χ4v) is 3.50. The molecule has 106 valence electrons. The summed E-state index contributed by atoms with van der Waals surface area (Å²) in [6.45, 7) is 10.1. The summed E-state index contributed by atoms with van der Waals surface area (Å²) in [4.78, 5) is 18.6. The van der Waals surface area contributed by atoms with Gasteiger partial charge in [-0.15, -0.1) is 11.3 Å². The Morgan fingerprint density at radius 3 is 2.58 bits per heavy atom. The van der Waals surface area contributed by atoms with Crippen LogP contribution in [0.25, 0.3) is 0 Å². The Labute approximate surface area is 117 Å². The first kappa shape index (κ1) is 14.4. The Balaban J connectivity index is 2.31. The van der Waals surface area contributed by atoms with Crippen LogP contribution >= 0.6 is 11.3 Å². The molecule has 1 saturated heterocycles. The Kier molecular flexibility index (Phi) is 4.23. The van der Waals surface area contributed by atoms with Crippen LogP contribution in [0.15, 0.2) is 0 Å². The third-order valence-electron chi connectivity index (χ3n) is 3.66. The molecule has 1 aliphatic rings. The van der Waals surface area contributed by atoms with Crippen molar-refractivity contribution in [1.29, 1.82) is 0 Å². The highest BCUT2D eigenvalue weighted by Crippen LogP contribution is 2.33. The highest BCUT2D eigenvalue weighted by Gasteiger charge is 2.34. The lowest BCUT2D eigenvalue weighted by Crippen LogP contribution is -2.51. The molecule has 1 aromatic rings. The number of hydrogen-bond acceptors (Lipinski definition) is 5. The van der Waals surface area contributed by atoms with Gasteiger partial charge < -0.3 is 10.4 Å². The molecule has 1 aromatic heterocycles. The van der Waals surface area contributed by atoms with E-state index in [0.717, 1.165) is 31.2 Å². The fourth-order valence-electron chi connectivity index (χ4n) is 2.38. The van der Waals surface area contributed by atoms with Gasteiger partial charge >= 0.3 is 5.97 Å². The number of thiazole rings is 1. The molecule has 2 N–H and O–H groups in total. The van der Waals surface area contributed by atoms with Crippen molar-refractivity contribution in [3.8, 4) is 0 Å². The van der Waals surface area contributed by atoms with E-state index in [1.807, 2.05) is 6.92 Å². The lowest BCUT2D eigenvalue weighted by molar-refractivity contribution is 0.0701. The molecule has 0 saturated carbocycles. The van der Waals surface area contributed by atoms with Gasteiger partial charge in [0, 0.05) is 26.2 Å². The molecule has 1 fully saturated rings. The molecule has 19 heavy (non-hydrogen) atoms. The first-order valence-electron chi connectivity index (χ1n) is 6.66. The van der Waals surface area contributed by atoms with Crippen molar-refractivity contribution in [3.63, 3.8) is 0 Å². The van der Waals surface area contributed by atoms with Crippen LogP contribution in [0.3, 0.4) is 0 Å². The van der Waals surface area contributed by atoms with Crippen molar-refractivity contribution >= 4 is 17.3 Å². The average Bonchev–Trinajstić information content (AvgIpc) is 2.84. The molecule has 6 heteroatoms. The zero-order valence-electron chi connectivity index (χ0n) is 11.7. The predicted octanol–water partition coefficient (Wildman–Crippen LogP) is 1.54. The van der Waals surface area contributed by atoms with Crippen molar-refractivity contribution in [2.45, 2.75) is 32.7 Å². The lowest BCUT2D eigenvalue weighted by atomic mass is 10.0. The van der Waals surface area contributed by atoms with Gasteiger partial charge in [-0.1, -0.05) is 6.92 Å². The van der Waals surface area contributed by atoms with E-state index in [1.165, 1.54) is 11.3 Å². The Morgan fingerprint density at radius 2 is 2.11 bits per heavy atom. The van der Waals surface area contributed by atoms with E-state index in [0.29, 0.717) is 17.0 Å². The number of nitrogens with zero attached hydrogens (tertiary/aromatic N) is 2. The molecular weight excluding hydrogens is 262 g/mol. The van der Waals surface area contributed by atoms with Crippen LogP contribution in [0, 0.1) is 0 Å². The summed E-state index contributed by atoms with van der Waals surface area (Å²) in [6.07, 6.45) is 0.662. The molecule has 0 bridgehead atoms. The van der Waals surface area contributed by atoms with Gasteiger partial charge in [0.1, 0.15) is 9.88 Å². The number of piperazine rings is 1. The first-order chi connectivity index (χ1) is 8.96. The smallest absolute Gasteiger partial charge is 0.347 e. The van der Waals surface area contributed by atoms with Crippen molar-refractivity contribution in [1.82, 2.24) is 15.2 Å². The summed E-state index contributed by atoms with van der Waals surface area (Å²) in [5, 5.41) is 13.5. The molecule has 0 aromatic carbocycles. The first-order valence-corrected chi connectivity index (χ1v) is 7.47. The van der Waals surface area contributed by atoms with Crippen molar-refractivity contribution < 1.29 is 9.90 Å². The standard InChI is InChI=1S/C13H21N3O2S/c1-4-9-10(11(17)18)19-12(15-9)13(2,3)16-7-5-14-6-8-16/h14H,4-8H2,1-3H3,(H,17,18). The molecule has 0 amide bonds. The number of nitrogens with one attached hydrogen (secondary N) is 1. The monoisotopic (exact) mass is 283 g/mol. The largest absolute Gasteiger partial charge is 0.477 e. The molecule has 5 nitrogen and oxygen atoms in total. The number of carbonyl (C=O) groups is 1. The molecule has 0 spiro atoms. The number of hydrogen-bond donors (Lipinski definition) is 2. The molecule has 0 unspecified atom stereocenters. The Bertz CT molecular complexity index is 464. The number of rotatable bonds is 4. The van der Waals surface area contributed by atoms with E-state index in [9.17, 15) is 9.90 Å². The normalized spacial score (nSPS) is 17.6. The van der Waals surface area contributed by atoms with Crippen molar-refractivity contribution in [2.24, 2.45) is 0 Å². The van der Waals surface area contributed by atoms with Crippen molar-refractivity contribution in [2.75, 3.05) is 26.2 Å². The second-order valence-corrected chi connectivity index (χ2v) is 6.25. The molecule has 0 atom stereocenters. The van der Waals surface area contributed by atoms with Gasteiger partial charge in [0.25, 0.3) is 0 Å². The van der Waals surface area contributed by atoms with E-state index in [2.05, 4.69) is 29.0 Å². The molecule has 0 aliphatic carbocycles. The minimum Gasteiger partial charge on any atom is -0.477 e. The van der Waals surface area contributed by atoms with Crippen LogP contribution in [0.1, 0.15) is 41.1 Å². The second-order valence-electron chi connectivity index (χ2n) is 5.25. The SMILES string of the molecule is CCc1nc(C(C)(C)N2CCNCC2)sc1C(=O)O. The van der Waals surface area contributed by atoms with Gasteiger partial charge in [-0.2, -0.15) is 0 Å². The van der Waals surface area contributed by atoms with Crippen LogP contribution in [0.2, 0.25) is 0 Å². The predicted molar refractivity (Wildman–Crippen MR) is 75.9 cm³/mol. The van der Waals surface area contributed by atoms with Gasteiger partial charge in [0.15, 0.2) is 0 Å². The highest BCUT2D eigenvalue weighted by molar-refractivity contribution is 7.13. The lowest BCUT2D eigenvalue weighted by Gasteiger charge is -2.39. The Hall–Kier alpha value is -0.980. The summed E-state index contributed by atoms with van der Waals surface area (Å²) in [5.41, 5.74) is 0.500. The summed E-state index contributed by atoms with van der Waals surface area (Å²) in [7, 11) is 0. The topological polar surface area (TPSA) is 65.5 Å². The number of aromatic nitrogens is 1. The van der Waals surface area contributed by atoms with Crippen LogP contribution in [0.4, 0.5) is 0 Å². The maximum Gasteiger partial charge on any atom is 0.347 e. The quantitative estimate of drug-likeness (QED) is 0.877.